The van der Waals surface area contributed by atoms with Gasteiger partial charge in [0.15, 0.2) is 5.78 Å². The second-order valence-electron chi connectivity index (χ2n) is 3.91. The number of ketones is 2. The fourth-order valence-electron chi connectivity index (χ4n) is 2.03. The van der Waals surface area contributed by atoms with Crippen molar-refractivity contribution in [2.75, 3.05) is 0 Å². The molecule has 1 atom stereocenters. The van der Waals surface area contributed by atoms with Crippen LogP contribution in [0.2, 0.25) is 0 Å². The predicted octanol–water partition coefficient (Wildman–Crippen LogP) is 1.45. The Morgan fingerprint density at radius 2 is 2.47 bits per heavy atom. The van der Waals surface area contributed by atoms with Gasteiger partial charge in [0.1, 0.15) is 11.5 Å². The molecule has 1 aromatic rings. The molecule has 1 unspecified atom stereocenters. The topological polar surface area (TPSA) is 52.0 Å². The third kappa shape index (κ3) is 1.84. The summed E-state index contributed by atoms with van der Waals surface area (Å²) >= 11 is 0. The van der Waals surface area contributed by atoms with Crippen LogP contribution in [-0.2, 0) is 11.3 Å². The molecule has 0 bridgehead atoms. The van der Waals surface area contributed by atoms with E-state index in [1.54, 1.807) is 12.5 Å². The lowest BCUT2D eigenvalue weighted by molar-refractivity contribution is -0.117. The highest BCUT2D eigenvalue weighted by Gasteiger charge is 2.30. The van der Waals surface area contributed by atoms with Crippen LogP contribution in [-0.4, -0.2) is 21.1 Å². The molecule has 0 aliphatic heterocycles. The number of aryl methyl sites for hydroxylation is 1. The van der Waals surface area contributed by atoms with Crippen LogP contribution in [0.4, 0.5) is 0 Å². The maximum atomic E-state index is 12.0. The molecule has 0 aromatic carbocycles. The Kier molecular flexibility index (Phi) is 2.66. The number of hydrogen-bond donors (Lipinski definition) is 0. The van der Waals surface area contributed by atoms with Gasteiger partial charge in [-0.2, -0.15) is 0 Å². The van der Waals surface area contributed by atoms with Crippen molar-refractivity contribution in [3.05, 3.63) is 18.2 Å². The number of carbonyl (C=O) groups is 2. The maximum Gasteiger partial charge on any atom is 0.184 e. The van der Waals surface area contributed by atoms with Crippen molar-refractivity contribution in [1.29, 1.82) is 0 Å². The zero-order valence-corrected chi connectivity index (χ0v) is 8.77. The summed E-state index contributed by atoms with van der Waals surface area (Å²) in [5.74, 6) is 0.163. The van der Waals surface area contributed by atoms with Gasteiger partial charge in [0.2, 0.25) is 0 Å². The van der Waals surface area contributed by atoms with Crippen LogP contribution in [0.25, 0.3) is 0 Å². The van der Waals surface area contributed by atoms with Gasteiger partial charge >= 0.3 is 0 Å². The number of Topliss-reactive ketones (excluding diaryl/α,β-unsaturated/α-hetero) is 2. The molecule has 1 aromatic heterocycles. The number of rotatable bonds is 3. The van der Waals surface area contributed by atoms with Gasteiger partial charge in [-0.15, -0.1) is 0 Å². The van der Waals surface area contributed by atoms with Crippen LogP contribution in [0, 0.1) is 5.92 Å². The number of imidazole rings is 1. The first-order valence-electron chi connectivity index (χ1n) is 5.28. The number of hydrogen-bond acceptors (Lipinski definition) is 3. The van der Waals surface area contributed by atoms with Crippen LogP contribution in [0.1, 0.15) is 36.7 Å². The Bertz CT molecular complexity index is 395. The fourth-order valence-corrected chi connectivity index (χ4v) is 2.03. The van der Waals surface area contributed by atoms with Gasteiger partial charge in [0, 0.05) is 25.3 Å². The number of carbonyl (C=O) groups excluding carboxylic acids is 2. The van der Waals surface area contributed by atoms with Crippen molar-refractivity contribution in [2.24, 2.45) is 5.92 Å². The quantitative estimate of drug-likeness (QED) is 0.703. The molecule has 0 radical (unpaired) electrons. The van der Waals surface area contributed by atoms with Gasteiger partial charge in [-0.25, -0.2) is 4.98 Å². The minimum Gasteiger partial charge on any atom is -0.328 e. The van der Waals surface area contributed by atoms with Crippen LogP contribution < -0.4 is 0 Å². The number of nitrogens with zero attached hydrogens (tertiary/aromatic N) is 2. The van der Waals surface area contributed by atoms with E-state index in [0.717, 1.165) is 6.54 Å². The molecule has 1 heterocycles. The van der Waals surface area contributed by atoms with Gasteiger partial charge in [-0.05, 0) is 13.3 Å². The fraction of sp³-hybridized carbons (Fsp3) is 0.545. The molecule has 0 N–H and O–H groups in total. The molecule has 4 heteroatoms. The van der Waals surface area contributed by atoms with E-state index < -0.39 is 0 Å². The molecular weight excluding hydrogens is 192 g/mol. The van der Waals surface area contributed by atoms with Crippen molar-refractivity contribution in [1.82, 2.24) is 9.55 Å². The van der Waals surface area contributed by atoms with Crippen molar-refractivity contribution < 1.29 is 9.59 Å². The number of aromatic nitrogens is 2. The first kappa shape index (κ1) is 10.1. The molecule has 1 aliphatic rings. The van der Waals surface area contributed by atoms with Gasteiger partial charge in [0.05, 0.1) is 12.5 Å². The minimum atomic E-state index is -0.112. The van der Waals surface area contributed by atoms with Crippen molar-refractivity contribution in [2.45, 2.75) is 32.7 Å². The minimum absolute atomic E-state index is 0.0696. The molecule has 1 saturated carbocycles. The Morgan fingerprint density at radius 1 is 1.67 bits per heavy atom. The van der Waals surface area contributed by atoms with Crippen molar-refractivity contribution in [3.8, 4) is 0 Å². The second kappa shape index (κ2) is 3.96. The molecule has 0 spiro atoms. The van der Waals surface area contributed by atoms with E-state index in [9.17, 15) is 9.59 Å². The lowest BCUT2D eigenvalue weighted by Crippen LogP contribution is -2.16. The molecule has 0 amide bonds. The summed E-state index contributed by atoms with van der Waals surface area (Å²) in [5, 5.41) is 0. The van der Waals surface area contributed by atoms with Crippen molar-refractivity contribution >= 4 is 11.6 Å². The Balaban J connectivity index is 2.17. The summed E-state index contributed by atoms with van der Waals surface area (Å²) in [6.07, 6.45) is 4.91. The lowest BCUT2D eigenvalue weighted by Gasteiger charge is -2.08. The van der Waals surface area contributed by atoms with E-state index in [0.29, 0.717) is 25.0 Å². The van der Waals surface area contributed by atoms with Crippen LogP contribution in [0.15, 0.2) is 12.5 Å². The van der Waals surface area contributed by atoms with E-state index in [2.05, 4.69) is 4.98 Å². The largest absolute Gasteiger partial charge is 0.328 e. The highest BCUT2D eigenvalue weighted by Crippen LogP contribution is 2.25. The second-order valence-corrected chi connectivity index (χ2v) is 3.91. The van der Waals surface area contributed by atoms with Gasteiger partial charge in [-0.3, -0.25) is 9.59 Å². The van der Waals surface area contributed by atoms with Gasteiger partial charge in [-0.1, -0.05) is 0 Å². The van der Waals surface area contributed by atoms with Crippen LogP contribution in [0.5, 0.6) is 0 Å². The molecule has 2 rings (SSSR count). The first-order chi connectivity index (χ1) is 7.22. The molecule has 1 fully saturated rings. The Morgan fingerprint density at radius 3 is 3.07 bits per heavy atom. The van der Waals surface area contributed by atoms with E-state index in [1.165, 1.54) is 0 Å². The highest BCUT2D eigenvalue weighted by atomic mass is 16.1. The first-order valence-corrected chi connectivity index (χ1v) is 5.28. The van der Waals surface area contributed by atoms with E-state index in [-0.39, 0.29) is 17.5 Å². The standard InChI is InChI=1S/C11H14N2O2/c1-2-13-7-12-6-10(13)11(15)8-3-4-9(14)5-8/h6-8H,2-5H2,1H3. The van der Waals surface area contributed by atoms with Gasteiger partial charge in [0.25, 0.3) is 0 Å². The smallest absolute Gasteiger partial charge is 0.184 e. The summed E-state index contributed by atoms with van der Waals surface area (Å²) in [4.78, 5) is 27.1. The Labute approximate surface area is 88.3 Å². The zero-order chi connectivity index (χ0) is 10.8. The van der Waals surface area contributed by atoms with Crippen molar-refractivity contribution in [3.63, 3.8) is 0 Å². The monoisotopic (exact) mass is 206 g/mol. The SMILES string of the molecule is CCn1cncc1C(=O)C1CCC(=O)C1. The zero-order valence-electron chi connectivity index (χ0n) is 8.77. The summed E-state index contributed by atoms with van der Waals surface area (Å²) in [6.45, 7) is 2.71. The van der Waals surface area contributed by atoms with E-state index in [4.69, 9.17) is 0 Å². The lowest BCUT2D eigenvalue weighted by atomic mass is 10.0. The molecule has 0 saturated heterocycles. The molecule has 80 valence electrons. The van der Waals surface area contributed by atoms with E-state index in [1.807, 2.05) is 11.5 Å². The summed E-state index contributed by atoms with van der Waals surface area (Å²) in [5.41, 5.74) is 0.636. The van der Waals surface area contributed by atoms with E-state index >= 15 is 0 Å². The molecule has 4 nitrogen and oxygen atoms in total. The normalized spacial score (nSPS) is 20.9. The highest BCUT2D eigenvalue weighted by molar-refractivity contribution is 6.00. The van der Waals surface area contributed by atoms with Crippen LogP contribution in [0.3, 0.4) is 0 Å². The third-order valence-electron chi connectivity index (χ3n) is 2.92. The average molecular weight is 206 g/mol. The molecule has 15 heavy (non-hydrogen) atoms. The predicted molar refractivity (Wildman–Crippen MR) is 54.6 cm³/mol. The van der Waals surface area contributed by atoms with Crippen LogP contribution >= 0.6 is 0 Å². The summed E-state index contributed by atoms with van der Waals surface area (Å²) in [6, 6.07) is 0. The van der Waals surface area contributed by atoms with Gasteiger partial charge < -0.3 is 4.57 Å². The average Bonchev–Trinajstić information content (AvgIpc) is 2.84. The molecular formula is C11H14N2O2. The molecule has 1 aliphatic carbocycles. The maximum absolute atomic E-state index is 12.0. The summed E-state index contributed by atoms with van der Waals surface area (Å²) < 4.78 is 1.82. The Hall–Kier alpha value is -1.45. The summed E-state index contributed by atoms with van der Waals surface area (Å²) in [7, 11) is 0. The third-order valence-corrected chi connectivity index (χ3v) is 2.92.